The van der Waals surface area contributed by atoms with E-state index < -0.39 is 6.04 Å². The summed E-state index contributed by atoms with van der Waals surface area (Å²) in [5, 5.41) is 0. The van der Waals surface area contributed by atoms with Gasteiger partial charge in [0.25, 0.3) is 0 Å². The Morgan fingerprint density at radius 1 is 1.00 bits per heavy atom. The van der Waals surface area contributed by atoms with Gasteiger partial charge in [0, 0.05) is 0 Å². The van der Waals surface area contributed by atoms with Crippen LogP contribution in [-0.4, -0.2) is 6.04 Å². The van der Waals surface area contributed by atoms with E-state index in [0.29, 0.717) is 0 Å². The van der Waals surface area contributed by atoms with Gasteiger partial charge in [0.1, 0.15) is 0 Å². The van der Waals surface area contributed by atoms with Crippen molar-refractivity contribution in [3.8, 4) is 0 Å². The Labute approximate surface area is 81.5 Å². The molecular weight excluding hydrogens is 272 g/mol. The summed E-state index contributed by atoms with van der Waals surface area (Å²) in [6.07, 6.45) is 7.03. The first-order valence-corrected chi connectivity index (χ1v) is 11.2. The van der Waals surface area contributed by atoms with Gasteiger partial charge in [-0.1, -0.05) is 39.0 Å². The van der Waals surface area contributed by atoms with Crippen LogP contribution in [0.2, 0.25) is 6.04 Å². The normalized spacial score (nSPS) is 10.8. The van der Waals surface area contributed by atoms with Crippen molar-refractivity contribution in [1.82, 2.24) is 0 Å². The van der Waals surface area contributed by atoms with Crippen LogP contribution in [0.25, 0.3) is 0 Å². The first kappa shape index (κ1) is 11.2. The van der Waals surface area contributed by atoms with Crippen LogP contribution in [0, 0.1) is 0 Å². The highest BCUT2D eigenvalue weighted by atomic mass is 79.9. The van der Waals surface area contributed by atoms with E-state index in [1.165, 1.54) is 38.1 Å². The standard InChI is InChI=1S/C7H16Br2Si/c1-2-3-4-5-6-7-10(8)9/h10H,2-7H2,1H3. The first-order valence-electron chi connectivity index (χ1n) is 4.05. The van der Waals surface area contributed by atoms with Gasteiger partial charge in [0.2, 0.25) is 0 Å². The van der Waals surface area contributed by atoms with E-state index in [4.69, 9.17) is 0 Å². The molecule has 0 N–H and O–H groups in total. The summed E-state index contributed by atoms with van der Waals surface area (Å²) in [4.78, 5) is 0. The summed E-state index contributed by atoms with van der Waals surface area (Å²) < 4.78 is 0. The molecule has 0 saturated heterocycles. The smallest absolute Gasteiger partial charge is 0.116 e. The van der Waals surface area contributed by atoms with Gasteiger partial charge >= 0.3 is 0 Å². The van der Waals surface area contributed by atoms with Crippen LogP contribution >= 0.6 is 30.6 Å². The van der Waals surface area contributed by atoms with Gasteiger partial charge in [-0.3, -0.25) is 0 Å². The van der Waals surface area contributed by atoms with Crippen LogP contribution < -0.4 is 0 Å². The van der Waals surface area contributed by atoms with Crippen molar-refractivity contribution in [2.24, 2.45) is 0 Å². The van der Waals surface area contributed by atoms with Gasteiger partial charge in [0.15, 0.2) is 6.04 Å². The molecule has 0 aliphatic rings. The Kier molecular flexibility index (Phi) is 9.25. The van der Waals surface area contributed by atoms with Crippen molar-refractivity contribution < 1.29 is 0 Å². The fourth-order valence-corrected chi connectivity index (χ4v) is 3.44. The van der Waals surface area contributed by atoms with Gasteiger partial charge in [0.05, 0.1) is 0 Å². The lowest BCUT2D eigenvalue weighted by Crippen LogP contribution is -1.89. The topological polar surface area (TPSA) is 0 Å². The molecule has 0 fully saturated rings. The SMILES string of the molecule is CCCCCCC[SiH](Br)Br. The largest absolute Gasteiger partial charge is 0.186 e. The van der Waals surface area contributed by atoms with E-state index >= 15 is 0 Å². The lowest BCUT2D eigenvalue weighted by Gasteiger charge is -1.98. The monoisotopic (exact) mass is 286 g/mol. The van der Waals surface area contributed by atoms with Crippen molar-refractivity contribution in [2.75, 3.05) is 0 Å². The van der Waals surface area contributed by atoms with E-state index in [9.17, 15) is 0 Å². The summed E-state index contributed by atoms with van der Waals surface area (Å²) in [6, 6.07) is 0.796. The highest BCUT2D eigenvalue weighted by molar-refractivity contribution is 9.49. The van der Waals surface area contributed by atoms with Crippen molar-refractivity contribution in [3.63, 3.8) is 0 Å². The third-order valence-corrected chi connectivity index (χ3v) is 5.12. The van der Waals surface area contributed by atoms with Crippen LogP contribution in [0.4, 0.5) is 0 Å². The zero-order valence-electron chi connectivity index (χ0n) is 6.58. The zero-order valence-corrected chi connectivity index (χ0v) is 10.9. The fourth-order valence-electron chi connectivity index (χ4n) is 0.902. The average Bonchev–Trinajstić information content (AvgIpc) is 1.87. The summed E-state index contributed by atoms with van der Waals surface area (Å²) in [5.41, 5.74) is 0. The molecule has 0 aromatic rings. The van der Waals surface area contributed by atoms with Gasteiger partial charge in [-0.25, -0.2) is 0 Å². The molecule has 0 rings (SSSR count). The Morgan fingerprint density at radius 2 is 1.60 bits per heavy atom. The first-order chi connectivity index (χ1) is 4.77. The second-order valence-corrected chi connectivity index (χ2v) is 14.3. The number of hydrogen-bond donors (Lipinski definition) is 0. The minimum absolute atomic E-state index is 0.597. The molecule has 0 saturated carbocycles. The van der Waals surface area contributed by atoms with Crippen molar-refractivity contribution >= 4 is 36.6 Å². The molecule has 0 bridgehead atoms. The lowest BCUT2D eigenvalue weighted by atomic mass is 10.2. The van der Waals surface area contributed by atoms with Crippen LogP contribution in [0.15, 0.2) is 0 Å². The van der Waals surface area contributed by atoms with Crippen molar-refractivity contribution in [1.29, 1.82) is 0 Å². The van der Waals surface area contributed by atoms with Crippen LogP contribution in [0.3, 0.4) is 0 Å². The Morgan fingerprint density at radius 3 is 2.10 bits per heavy atom. The molecule has 0 unspecified atom stereocenters. The predicted octanol–water partition coefficient (Wildman–Crippen LogP) is 3.97. The minimum Gasteiger partial charge on any atom is -0.116 e. The molecule has 0 amide bonds. The van der Waals surface area contributed by atoms with Crippen LogP contribution in [0.1, 0.15) is 39.0 Å². The number of rotatable bonds is 6. The molecule has 0 radical (unpaired) electrons. The van der Waals surface area contributed by atoms with Gasteiger partial charge in [-0.05, 0) is 6.04 Å². The molecule has 0 aliphatic carbocycles. The maximum atomic E-state index is 3.60. The number of halogens is 2. The quantitative estimate of drug-likeness (QED) is 0.394. The fraction of sp³-hybridized carbons (Fsp3) is 1.00. The molecule has 0 nitrogen and oxygen atoms in total. The maximum absolute atomic E-state index is 3.60. The Bertz CT molecular complexity index is 66.6. The average molecular weight is 288 g/mol. The van der Waals surface area contributed by atoms with E-state index in [-0.39, 0.29) is 0 Å². The van der Waals surface area contributed by atoms with E-state index in [2.05, 4.69) is 37.5 Å². The highest BCUT2D eigenvalue weighted by Gasteiger charge is 1.98. The van der Waals surface area contributed by atoms with Gasteiger partial charge < -0.3 is 0 Å². The minimum atomic E-state index is -0.597. The molecule has 0 aromatic heterocycles. The molecule has 0 spiro atoms. The summed E-state index contributed by atoms with van der Waals surface area (Å²) in [5.74, 6) is 0. The molecule has 10 heavy (non-hydrogen) atoms. The highest BCUT2D eigenvalue weighted by Crippen LogP contribution is 2.14. The molecular formula is C7H16Br2Si. The molecule has 0 atom stereocenters. The van der Waals surface area contributed by atoms with Crippen LogP contribution in [0.5, 0.6) is 0 Å². The Hall–Kier alpha value is 1.18. The van der Waals surface area contributed by atoms with E-state index in [0.717, 1.165) is 0 Å². The summed E-state index contributed by atoms with van der Waals surface area (Å²) >= 11 is 7.20. The number of hydrogen-bond acceptors (Lipinski definition) is 0. The zero-order chi connectivity index (χ0) is 7.82. The molecule has 62 valence electrons. The van der Waals surface area contributed by atoms with Crippen LogP contribution in [-0.2, 0) is 0 Å². The molecule has 0 aliphatic heterocycles. The number of unbranched alkanes of at least 4 members (excludes halogenated alkanes) is 4. The van der Waals surface area contributed by atoms with Gasteiger partial charge in [-0.2, -0.15) is 0 Å². The molecule has 0 heterocycles. The van der Waals surface area contributed by atoms with E-state index in [1.54, 1.807) is 0 Å². The maximum Gasteiger partial charge on any atom is 0.186 e. The van der Waals surface area contributed by atoms with E-state index in [1.807, 2.05) is 0 Å². The third kappa shape index (κ3) is 9.18. The Balaban J connectivity index is 2.77. The van der Waals surface area contributed by atoms with Crippen molar-refractivity contribution in [3.05, 3.63) is 0 Å². The molecule has 0 aromatic carbocycles. The lowest BCUT2D eigenvalue weighted by molar-refractivity contribution is 0.656. The second kappa shape index (κ2) is 8.28. The predicted molar refractivity (Wildman–Crippen MR) is 58.6 cm³/mol. The third-order valence-electron chi connectivity index (χ3n) is 1.53. The van der Waals surface area contributed by atoms with Gasteiger partial charge in [-0.15, -0.1) is 30.6 Å². The summed E-state index contributed by atoms with van der Waals surface area (Å²) in [7, 11) is 0. The summed E-state index contributed by atoms with van der Waals surface area (Å²) in [6.45, 7) is 2.26. The molecule has 3 heteroatoms. The second-order valence-electron chi connectivity index (χ2n) is 2.59. The van der Waals surface area contributed by atoms with Crippen molar-refractivity contribution in [2.45, 2.75) is 45.1 Å².